The molecule has 0 saturated carbocycles. The highest BCUT2D eigenvalue weighted by atomic mass is 79.9. The molecule has 2 aromatic heterocycles. The summed E-state index contributed by atoms with van der Waals surface area (Å²) >= 11 is 3.42. The first kappa shape index (κ1) is 10.8. The van der Waals surface area contributed by atoms with Crippen LogP contribution in [0.5, 0.6) is 0 Å². The molecule has 0 spiro atoms. The number of aromatic nitrogens is 1. The van der Waals surface area contributed by atoms with Gasteiger partial charge in [0.2, 0.25) is 11.1 Å². The van der Waals surface area contributed by atoms with Crippen LogP contribution >= 0.6 is 15.9 Å². The van der Waals surface area contributed by atoms with Crippen LogP contribution in [-0.4, -0.2) is 4.98 Å². The van der Waals surface area contributed by atoms with E-state index in [9.17, 15) is 4.79 Å². The van der Waals surface area contributed by atoms with Crippen LogP contribution in [0, 0.1) is 0 Å². The lowest BCUT2D eigenvalue weighted by Crippen LogP contribution is -2.00. The molecule has 0 bridgehead atoms. The van der Waals surface area contributed by atoms with Gasteiger partial charge in [-0.05, 0) is 24.3 Å². The Balaban J connectivity index is 2.33. The summed E-state index contributed by atoms with van der Waals surface area (Å²) < 4.78 is 6.74. The number of hydrogen-bond acceptors (Lipinski definition) is 2. The summed E-state index contributed by atoms with van der Waals surface area (Å²) in [5, 5.41) is 2.11. The van der Waals surface area contributed by atoms with E-state index in [1.165, 1.54) is 0 Å². The number of hydrogen-bond donors (Lipinski definition) is 1. The Labute approximate surface area is 116 Å². The van der Waals surface area contributed by atoms with Gasteiger partial charge in [0.25, 0.3) is 0 Å². The summed E-state index contributed by atoms with van der Waals surface area (Å²) in [6.45, 7) is 0. The van der Waals surface area contributed by atoms with Crippen LogP contribution < -0.4 is 5.43 Å². The van der Waals surface area contributed by atoms with Crippen molar-refractivity contribution in [2.45, 2.75) is 0 Å². The van der Waals surface area contributed by atoms with Crippen LogP contribution in [0.2, 0.25) is 0 Å². The van der Waals surface area contributed by atoms with Gasteiger partial charge in [-0.25, -0.2) is 0 Å². The lowest BCUT2D eigenvalue weighted by Gasteiger charge is -1.96. The highest BCUT2D eigenvalue weighted by Gasteiger charge is 2.13. The maximum Gasteiger partial charge on any atom is 0.209 e. The monoisotopic (exact) mass is 313 g/mol. The third kappa shape index (κ3) is 1.47. The van der Waals surface area contributed by atoms with Gasteiger partial charge in [-0.1, -0.05) is 34.1 Å². The molecular formula is C15H8BrNO2. The van der Waals surface area contributed by atoms with Crippen molar-refractivity contribution >= 4 is 48.9 Å². The van der Waals surface area contributed by atoms with Crippen molar-refractivity contribution in [2.24, 2.45) is 0 Å². The summed E-state index contributed by atoms with van der Waals surface area (Å²) in [6.07, 6.45) is 0. The van der Waals surface area contributed by atoms with E-state index in [2.05, 4.69) is 20.9 Å². The number of fused-ring (bicyclic) bond motifs is 4. The van der Waals surface area contributed by atoms with E-state index >= 15 is 0 Å². The molecule has 2 aromatic carbocycles. The molecule has 1 N–H and O–H groups in total. The van der Waals surface area contributed by atoms with Gasteiger partial charge in [0.05, 0.1) is 16.3 Å². The van der Waals surface area contributed by atoms with Crippen LogP contribution in [0.15, 0.2) is 56.1 Å². The molecule has 0 radical (unpaired) electrons. The van der Waals surface area contributed by atoms with Gasteiger partial charge >= 0.3 is 0 Å². The number of benzene rings is 2. The number of H-pyrrole nitrogens is 1. The first-order valence-corrected chi connectivity index (χ1v) is 6.66. The van der Waals surface area contributed by atoms with Crippen LogP contribution in [-0.2, 0) is 0 Å². The smallest absolute Gasteiger partial charge is 0.209 e. The minimum absolute atomic E-state index is 0.00502. The molecule has 0 fully saturated rings. The van der Waals surface area contributed by atoms with Crippen molar-refractivity contribution in [1.82, 2.24) is 4.98 Å². The maximum atomic E-state index is 12.6. The van der Waals surface area contributed by atoms with E-state index < -0.39 is 0 Å². The number of nitrogens with one attached hydrogen (secondary N) is 1. The highest BCUT2D eigenvalue weighted by Crippen LogP contribution is 2.27. The molecule has 0 aliphatic heterocycles. The molecule has 0 saturated heterocycles. The zero-order chi connectivity index (χ0) is 13.0. The van der Waals surface area contributed by atoms with Gasteiger partial charge < -0.3 is 9.40 Å². The van der Waals surface area contributed by atoms with Gasteiger partial charge in [-0.15, -0.1) is 0 Å². The molecule has 92 valence electrons. The fourth-order valence-corrected chi connectivity index (χ4v) is 2.80. The minimum atomic E-state index is 0.00502. The topological polar surface area (TPSA) is 46.0 Å². The van der Waals surface area contributed by atoms with Crippen molar-refractivity contribution in [3.63, 3.8) is 0 Å². The molecule has 2 heterocycles. The second-order valence-corrected chi connectivity index (χ2v) is 5.36. The van der Waals surface area contributed by atoms with Gasteiger partial charge in [0.15, 0.2) is 0 Å². The SMILES string of the molecule is O=c1c2ccccc2oc2[nH]c3cc(Br)ccc3c12. The van der Waals surface area contributed by atoms with Crippen molar-refractivity contribution in [1.29, 1.82) is 0 Å². The summed E-state index contributed by atoms with van der Waals surface area (Å²) in [5.74, 6) is 0. The first-order valence-electron chi connectivity index (χ1n) is 5.87. The zero-order valence-corrected chi connectivity index (χ0v) is 11.3. The summed E-state index contributed by atoms with van der Waals surface area (Å²) in [6, 6.07) is 13.1. The van der Waals surface area contributed by atoms with E-state index in [-0.39, 0.29) is 5.43 Å². The Morgan fingerprint density at radius 1 is 1.05 bits per heavy atom. The molecule has 4 heteroatoms. The first-order chi connectivity index (χ1) is 9.24. The summed E-state index contributed by atoms with van der Waals surface area (Å²) in [7, 11) is 0. The number of para-hydroxylation sites is 1. The van der Waals surface area contributed by atoms with Gasteiger partial charge in [0.1, 0.15) is 5.58 Å². The predicted molar refractivity (Wildman–Crippen MR) is 79.5 cm³/mol. The standard InChI is InChI=1S/C15H8BrNO2/c16-8-5-6-9-11(7-8)17-15-13(9)14(18)10-3-1-2-4-12(10)19-15/h1-7,17H. The van der Waals surface area contributed by atoms with Crippen LogP contribution in [0.25, 0.3) is 33.0 Å². The lowest BCUT2D eigenvalue weighted by molar-refractivity contribution is 0.648. The van der Waals surface area contributed by atoms with E-state index in [0.717, 1.165) is 15.4 Å². The molecule has 3 nitrogen and oxygen atoms in total. The number of aromatic amines is 1. The Bertz CT molecular complexity index is 997. The molecule has 4 aromatic rings. The number of rotatable bonds is 0. The average molecular weight is 314 g/mol. The average Bonchev–Trinajstić information content (AvgIpc) is 2.76. The zero-order valence-electron chi connectivity index (χ0n) is 9.74. The minimum Gasteiger partial charge on any atom is -0.439 e. The Kier molecular flexibility index (Phi) is 2.11. The maximum absolute atomic E-state index is 12.6. The lowest BCUT2D eigenvalue weighted by atomic mass is 10.1. The third-order valence-corrected chi connectivity index (χ3v) is 3.79. The molecular weight excluding hydrogens is 306 g/mol. The fraction of sp³-hybridized carbons (Fsp3) is 0. The molecule has 0 aliphatic carbocycles. The quantitative estimate of drug-likeness (QED) is 0.529. The Morgan fingerprint density at radius 3 is 2.79 bits per heavy atom. The second-order valence-electron chi connectivity index (χ2n) is 4.45. The third-order valence-electron chi connectivity index (χ3n) is 3.30. The predicted octanol–water partition coefficient (Wildman–Crippen LogP) is 4.19. The molecule has 0 amide bonds. The normalized spacial score (nSPS) is 11.6. The van der Waals surface area contributed by atoms with Crippen molar-refractivity contribution in [3.8, 4) is 0 Å². The molecule has 4 rings (SSSR count). The van der Waals surface area contributed by atoms with Crippen LogP contribution in [0.4, 0.5) is 0 Å². The summed E-state index contributed by atoms with van der Waals surface area (Å²) in [4.78, 5) is 15.7. The fourth-order valence-electron chi connectivity index (χ4n) is 2.43. The Morgan fingerprint density at radius 2 is 1.89 bits per heavy atom. The van der Waals surface area contributed by atoms with Crippen molar-refractivity contribution in [3.05, 3.63) is 57.2 Å². The van der Waals surface area contributed by atoms with Crippen LogP contribution in [0.3, 0.4) is 0 Å². The van der Waals surface area contributed by atoms with Crippen LogP contribution in [0.1, 0.15) is 0 Å². The largest absolute Gasteiger partial charge is 0.439 e. The van der Waals surface area contributed by atoms with E-state index in [1.807, 2.05) is 30.3 Å². The van der Waals surface area contributed by atoms with E-state index in [0.29, 0.717) is 22.1 Å². The second kappa shape index (κ2) is 3.71. The van der Waals surface area contributed by atoms with Gasteiger partial charge in [-0.2, -0.15) is 0 Å². The molecule has 19 heavy (non-hydrogen) atoms. The van der Waals surface area contributed by atoms with E-state index in [1.54, 1.807) is 12.1 Å². The Hall–Kier alpha value is -2.07. The molecule has 0 aliphatic rings. The molecule has 0 atom stereocenters. The van der Waals surface area contributed by atoms with Crippen molar-refractivity contribution in [2.75, 3.05) is 0 Å². The highest BCUT2D eigenvalue weighted by molar-refractivity contribution is 9.10. The van der Waals surface area contributed by atoms with Gasteiger partial charge in [0, 0.05) is 9.86 Å². The summed E-state index contributed by atoms with van der Waals surface area (Å²) in [5.41, 5.74) is 2.02. The molecule has 0 unspecified atom stereocenters. The van der Waals surface area contributed by atoms with E-state index in [4.69, 9.17) is 4.42 Å². The van der Waals surface area contributed by atoms with Crippen molar-refractivity contribution < 1.29 is 4.42 Å². The number of halogens is 1. The van der Waals surface area contributed by atoms with Gasteiger partial charge in [-0.3, -0.25) is 4.79 Å².